The first-order valence-corrected chi connectivity index (χ1v) is 7.15. The minimum atomic E-state index is -0.455. The van der Waals surface area contributed by atoms with Gasteiger partial charge >= 0.3 is 5.97 Å². The predicted octanol–water partition coefficient (Wildman–Crippen LogP) is 4.08. The lowest BCUT2D eigenvalue weighted by Crippen LogP contribution is -2.04. The van der Waals surface area contributed by atoms with Crippen LogP contribution in [0.4, 0.5) is 10.1 Å². The summed E-state index contributed by atoms with van der Waals surface area (Å²) in [6.45, 7) is 2.01. The van der Waals surface area contributed by atoms with E-state index in [1.165, 1.54) is 23.5 Å². The van der Waals surface area contributed by atoms with Crippen molar-refractivity contribution in [3.05, 3.63) is 39.4 Å². The average Bonchev–Trinajstić information content (AvgIpc) is 2.74. The number of thiophene rings is 1. The Kier molecular flexibility index (Phi) is 4.21. The van der Waals surface area contributed by atoms with Gasteiger partial charge in [0.25, 0.3) is 0 Å². The number of nitrogens with two attached hydrogens (primary N) is 1. The van der Waals surface area contributed by atoms with Crippen molar-refractivity contribution in [3.63, 3.8) is 0 Å². The number of carbonyl (C=O) groups is 1. The number of halogens is 2. The van der Waals surface area contributed by atoms with E-state index in [1.54, 1.807) is 19.1 Å². The monoisotopic (exact) mass is 343 g/mol. The molecule has 6 heteroatoms. The highest BCUT2D eigenvalue weighted by Crippen LogP contribution is 2.37. The predicted molar refractivity (Wildman–Crippen MR) is 77.8 cm³/mol. The van der Waals surface area contributed by atoms with Crippen LogP contribution in [0.3, 0.4) is 0 Å². The van der Waals surface area contributed by atoms with Crippen molar-refractivity contribution >= 4 is 38.9 Å². The highest BCUT2D eigenvalue weighted by Gasteiger charge is 2.17. The highest BCUT2D eigenvalue weighted by atomic mass is 79.9. The molecule has 0 aliphatic carbocycles. The standard InChI is InChI=1S/C13H11BrFNO2S/c1-2-18-13(17)12-10(16)6-11(19-12)8-5-7(15)3-4-9(8)14/h3-6H,2,16H2,1H3. The van der Waals surface area contributed by atoms with E-state index in [2.05, 4.69) is 15.9 Å². The van der Waals surface area contributed by atoms with Gasteiger partial charge in [-0.2, -0.15) is 0 Å². The molecule has 2 N–H and O–H groups in total. The van der Waals surface area contributed by atoms with Crippen LogP contribution in [0.2, 0.25) is 0 Å². The molecule has 0 amide bonds. The van der Waals surface area contributed by atoms with Crippen LogP contribution >= 0.6 is 27.3 Å². The highest BCUT2D eigenvalue weighted by molar-refractivity contribution is 9.10. The second kappa shape index (κ2) is 5.71. The van der Waals surface area contributed by atoms with Gasteiger partial charge in [-0.05, 0) is 31.2 Å². The summed E-state index contributed by atoms with van der Waals surface area (Å²) in [6, 6.07) is 6.02. The van der Waals surface area contributed by atoms with Gasteiger partial charge in [0.15, 0.2) is 0 Å². The van der Waals surface area contributed by atoms with Gasteiger partial charge in [-0.3, -0.25) is 0 Å². The summed E-state index contributed by atoms with van der Waals surface area (Å²) in [5.41, 5.74) is 6.80. The molecular formula is C13H11BrFNO2S. The third kappa shape index (κ3) is 2.96. The number of ether oxygens (including phenoxy) is 1. The van der Waals surface area contributed by atoms with Crippen molar-refractivity contribution < 1.29 is 13.9 Å². The molecule has 1 heterocycles. The van der Waals surface area contributed by atoms with Crippen LogP contribution in [0.1, 0.15) is 16.6 Å². The van der Waals surface area contributed by atoms with Crippen LogP contribution in [0.15, 0.2) is 28.7 Å². The van der Waals surface area contributed by atoms with E-state index in [0.29, 0.717) is 21.0 Å². The second-order valence-corrected chi connectivity index (χ2v) is 5.65. The Labute approximate surface area is 122 Å². The lowest BCUT2D eigenvalue weighted by atomic mass is 10.2. The Morgan fingerprint density at radius 2 is 2.21 bits per heavy atom. The van der Waals surface area contributed by atoms with E-state index in [-0.39, 0.29) is 12.4 Å². The Morgan fingerprint density at radius 3 is 2.89 bits per heavy atom. The molecule has 0 aliphatic rings. The Morgan fingerprint density at radius 1 is 1.47 bits per heavy atom. The molecule has 0 saturated heterocycles. The van der Waals surface area contributed by atoms with Gasteiger partial charge in [-0.25, -0.2) is 9.18 Å². The number of rotatable bonds is 3. The minimum Gasteiger partial charge on any atom is -0.462 e. The number of esters is 1. The van der Waals surface area contributed by atoms with Crippen LogP contribution in [-0.4, -0.2) is 12.6 Å². The van der Waals surface area contributed by atoms with Gasteiger partial charge in [0.2, 0.25) is 0 Å². The zero-order valence-corrected chi connectivity index (χ0v) is 12.5. The van der Waals surface area contributed by atoms with E-state index in [9.17, 15) is 9.18 Å². The molecular weight excluding hydrogens is 333 g/mol. The van der Waals surface area contributed by atoms with E-state index < -0.39 is 5.97 Å². The number of hydrogen-bond donors (Lipinski definition) is 1. The van der Waals surface area contributed by atoms with E-state index in [4.69, 9.17) is 10.5 Å². The van der Waals surface area contributed by atoms with Crippen molar-refractivity contribution in [2.45, 2.75) is 6.92 Å². The molecule has 0 atom stereocenters. The summed E-state index contributed by atoms with van der Waals surface area (Å²) in [4.78, 5) is 12.7. The quantitative estimate of drug-likeness (QED) is 0.854. The lowest BCUT2D eigenvalue weighted by molar-refractivity contribution is 0.0533. The summed E-state index contributed by atoms with van der Waals surface area (Å²) in [5, 5.41) is 0. The summed E-state index contributed by atoms with van der Waals surface area (Å²) >= 11 is 4.54. The van der Waals surface area contributed by atoms with E-state index in [0.717, 1.165) is 4.47 Å². The van der Waals surface area contributed by atoms with Gasteiger partial charge in [0.05, 0.1) is 12.3 Å². The molecule has 1 aromatic carbocycles. The first-order chi connectivity index (χ1) is 9.02. The van der Waals surface area contributed by atoms with Crippen molar-refractivity contribution in [1.29, 1.82) is 0 Å². The number of anilines is 1. The Hall–Kier alpha value is -1.40. The zero-order chi connectivity index (χ0) is 14.0. The topological polar surface area (TPSA) is 52.3 Å². The van der Waals surface area contributed by atoms with Crippen LogP contribution in [0.5, 0.6) is 0 Å². The largest absolute Gasteiger partial charge is 0.462 e. The molecule has 0 fully saturated rings. The summed E-state index contributed by atoms with van der Waals surface area (Å²) in [5.74, 6) is -0.799. The molecule has 2 aromatic rings. The number of hydrogen-bond acceptors (Lipinski definition) is 4. The minimum absolute atomic E-state index is 0.287. The number of nitrogen functional groups attached to an aromatic ring is 1. The number of benzene rings is 1. The SMILES string of the molecule is CCOC(=O)c1sc(-c2cc(F)ccc2Br)cc1N. The molecule has 19 heavy (non-hydrogen) atoms. The lowest BCUT2D eigenvalue weighted by Gasteiger charge is -2.01. The first-order valence-electron chi connectivity index (χ1n) is 5.54. The number of carbonyl (C=O) groups excluding carboxylic acids is 1. The van der Waals surface area contributed by atoms with Gasteiger partial charge in [0.1, 0.15) is 10.7 Å². The fourth-order valence-electron chi connectivity index (χ4n) is 1.58. The maximum absolute atomic E-state index is 13.3. The van der Waals surface area contributed by atoms with Crippen molar-refractivity contribution in [1.82, 2.24) is 0 Å². The third-order valence-corrected chi connectivity index (χ3v) is 4.27. The molecule has 0 aliphatic heterocycles. The maximum atomic E-state index is 13.3. The van der Waals surface area contributed by atoms with Crippen LogP contribution in [-0.2, 0) is 4.74 Å². The van der Waals surface area contributed by atoms with Gasteiger partial charge in [-0.15, -0.1) is 11.3 Å². The van der Waals surface area contributed by atoms with E-state index in [1.807, 2.05) is 0 Å². The first kappa shape index (κ1) is 14.0. The van der Waals surface area contributed by atoms with Crippen LogP contribution in [0.25, 0.3) is 10.4 Å². The molecule has 0 bridgehead atoms. The van der Waals surface area contributed by atoms with E-state index >= 15 is 0 Å². The molecule has 1 aromatic heterocycles. The summed E-state index contributed by atoms with van der Waals surface area (Å²) in [7, 11) is 0. The zero-order valence-electron chi connectivity index (χ0n) is 10.1. The molecule has 2 rings (SSSR count). The van der Waals surface area contributed by atoms with Crippen LogP contribution in [0, 0.1) is 5.82 Å². The Balaban J connectivity index is 2.44. The van der Waals surface area contributed by atoms with Crippen molar-refractivity contribution in [3.8, 4) is 10.4 Å². The smallest absolute Gasteiger partial charge is 0.350 e. The van der Waals surface area contributed by atoms with Crippen LogP contribution < -0.4 is 5.73 Å². The third-order valence-electron chi connectivity index (χ3n) is 2.42. The fourth-order valence-corrected chi connectivity index (χ4v) is 3.18. The average molecular weight is 344 g/mol. The molecule has 0 spiro atoms. The van der Waals surface area contributed by atoms with Crippen molar-refractivity contribution in [2.75, 3.05) is 12.3 Å². The molecule has 3 nitrogen and oxygen atoms in total. The summed E-state index contributed by atoms with van der Waals surface area (Å²) in [6.07, 6.45) is 0. The fraction of sp³-hybridized carbons (Fsp3) is 0.154. The van der Waals surface area contributed by atoms with Gasteiger partial charge < -0.3 is 10.5 Å². The molecule has 0 unspecified atom stereocenters. The molecule has 0 saturated carbocycles. The summed E-state index contributed by atoms with van der Waals surface area (Å²) < 4.78 is 18.9. The second-order valence-electron chi connectivity index (χ2n) is 3.74. The van der Waals surface area contributed by atoms with Crippen molar-refractivity contribution in [2.24, 2.45) is 0 Å². The molecule has 100 valence electrons. The van der Waals surface area contributed by atoms with Gasteiger partial charge in [0, 0.05) is 14.9 Å². The normalized spacial score (nSPS) is 10.5. The Bertz CT molecular complexity index is 627. The maximum Gasteiger partial charge on any atom is 0.350 e. The molecule has 0 radical (unpaired) electrons. The van der Waals surface area contributed by atoms with Gasteiger partial charge in [-0.1, -0.05) is 15.9 Å².